The monoisotopic (exact) mass is 266 g/mol. The highest BCUT2D eigenvalue weighted by molar-refractivity contribution is 5.75. The van der Waals surface area contributed by atoms with Crippen molar-refractivity contribution in [2.45, 2.75) is 26.8 Å². The number of H-pyrrole nitrogens is 1. The molecule has 1 aliphatic heterocycles. The van der Waals surface area contributed by atoms with Gasteiger partial charge in [0.05, 0.1) is 5.69 Å². The molecule has 6 nitrogen and oxygen atoms in total. The van der Waals surface area contributed by atoms with Crippen molar-refractivity contribution < 1.29 is 9.90 Å². The largest absolute Gasteiger partial charge is 0.480 e. The SMILES string of the molecule is CCN1CCN(C(C(=O)O)c2nc(C)[nH]c2C)CC1. The maximum Gasteiger partial charge on any atom is 0.327 e. The number of nitrogens with zero attached hydrogens (tertiary/aromatic N) is 3. The van der Waals surface area contributed by atoms with Crippen LogP contribution in [0.5, 0.6) is 0 Å². The molecule has 0 aliphatic carbocycles. The van der Waals surface area contributed by atoms with Gasteiger partial charge in [-0.2, -0.15) is 0 Å². The molecule has 1 fully saturated rings. The molecule has 1 aromatic heterocycles. The summed E-state index contributed by atoms with van der Waals surface area (Å²) in [5.74, 6) is -0.0505. The fraction of sp³-hybridized carbons (Fsp3) is 0.692. The lowest BCUT2D eigenvalue weighted by atomic mass is 10.1. The molecule has 0 saturated carbocycles. The van der Waals surface area contributed by atoms with Gasteiger partial charge < -0.3 is 15.0 Å². The number of nitrogens with one attached hydrogen (secondary N) is 1. The third kappa shape index (κ3) is 2.96. The van der Waals surface area contributed by atoms with Crippen LogP contribution in [-0.2, 0) is 4.79 Å². The number of carboxylic acids is 1. The van der Waals surface area contributed by atoms with Crippen LogP contribution < -0.4 is 0 Å². The van der Waals surface area contributed by atoms with E-state index in [-0.39, 0.29) is 0 Å². The molecule has 0 radical (unpaired) electrons. The van der Waals surface area contributed by atoms with Gasteiger partial charge in [0.1, 0.15) is 5.82 Å². The Morgan fingerprint density at radius 2 is 2.00 bits per heavy atom. The van der Waals surface area contributed by atoms with Crippen molar-refractivity contribution in [3.05, 3.63) is 17.2 Å². The minimum atomic E-state index is -0.820. The third-order valence-electron chi connectivity index (χ3n) is 3.75. The van der Waals surface area contributed by atoms with E-state index < -0.39 is 12.0 Å². The van der Waals surface area contributed by atoms with E-state index in [1.54, 1.807) is 0 Å². The minimum absolute atomic E-state index is 0.635. The van der Waals surface area contributed by atoms with E-state index in [9.17, 15) is 9.90 Å². The van der Waals surface area contributed by atoms with Crippen molar-refractivity contribution in [3.8, 4) is 0 Å². The number of rotatable bonds is 4. The van der Waals surface area contributed by atoms with E-state index in [4.69, 9.17) is 0 Å². The van der Waals surface area contributed by atoms with Gasteiger partial charge in [0, 0.05) is 31.9 Å². The molecule has 2 heterocycles. The molecule has 0 amide bonds. The van der Waals surface area contributed by atoms with Gasteiger partial charge in [-0.15, -0.1) is 0 Å². The molecule has 1 saturated heterocycles. The second-order valence-corrected chi connectivity index (χ2v) is 5.04. The highest BCUT2D eigenvalue weighted by Gasteiger charge is 2.32. The molecule has 0 aromatic carbocycles. The highest BCUT2D eigenvalue weighted by Crippen LogP contribution is 2.23. The van der Waals surface area contributed by atoms with Gasteiger partial charge in [0.15, 0.2) is 6.04 Å². The van der Waals surface area contributed by atoms with Crippen molar-refractivity contribution in [2.75, 3.05) is 32.7 Å². The maximum absolute atomic E-state index is 11.6. The Labute approximate surface area is 113 Å². The Balaban J connectivity index is 2.18. The lowest BCUT2D eigenvalue weighted by molar-refractivity contribution is -0.144. The van der Waals surface area contributed by atoms with E-state index in [0.29, 0.717) is 5.69 Å². The molecular formula is C13H22N4O2. The summed E-state index contributed by atoms with van der Waals surface area (Å²) in [6.45, 7) is 10.3. The summed E-state index contributed by atoms with van der Waals surface area (Å²) in [7, 11) is 0. The zero-order valence-corrected chi connectivity index (χ0v) is 11.8. The first-order valence-corrected chi connectivity index (χ1v) is 6.75. The molecule has 2 N–H and O–H groups in total. The standard InChI is InChI=1S/C13H22N4O2/c1-4-16-5-7-17(8-6-16)12(13(18)19)11-9(2)14-10(3)15-11/h12H,4-8H2,1-3H3,(H,14,15)(H,18,19). The van der Waals surface area contributed by atoms with Crippen LogP contribution in [0.15, 0.2) is 0 Å². The summed E-state index contributed by atoms with van der Waals surface area (Å²) in [6, 6.07) is -0.635. The summed E-state index contributed by atoms with van der Waals surface area (Å²) in [4.78, 5) is 23.4. The molecule has 19 heavy (non-hydrogen) atoms. The zero-order valence-electron chi connectivity index (χ0n) is 11.8. The van der Waals surface area contributed by atoms with Crippen LogP contribution in [0.4, 0.5) is 0 Å². The molecule has 0 bridgehead atoms. The topological polar surface area (TPSA) is 72.5 Å². The first kappa shape index (κ1) is 14.0. The van der Waals surface area contributed by atoms with E-state index >= 15 is 0 Å². The number of aromatic nitrogens is 2. The van der Waals surface area contributed by atoms with Crippen LogP contribution in [0.25, 0.3) is 0 Å². The Kier molecular flexibility index (Phi) is 4.21. The van der Waals surface area contributed by atoms with Gasteiger partial charge in [-0.1, -0.05) is 6.92 Å². The van der Waals surface area contributed by atoms with Gasteiger partial charge in [-0.3, -0.25) is 9.69 Å². The summed E-state index contributed by atoms with van der Waals surface area (Å²) in [5.41, 5.74) is 1.50. The minimum Gasteiger partial charge on any atom is -0.480 e. The molecular weight excluding hydrogens is 244 g/mol. The number of imidazole rings is 1. The number of likely N-dealkylation sites (N-methyl/N-ethyl adjacent to an activating group) is 1. The number of hydrogen-bond acceptors (Lipinski definition) is 4. The van der Waals surface area contributed by atoms with Crippen LogP contribution in [0.2, 0.25) is 0 Å². The average molecular weight is 266 g/mol. The first-order chi connectivity index (χ1) is 9.02. The second kappa shape index (κ2) is 5.71. The Morgan fingerprint density at radius 1 is 1.37 bits per heavy atom. The van der Waals surface area contributed by atoms with E-state index in [1.165, 1.54) is 0 Å². The zero-order chi connectivity index (χ0) is 14.0. The van der Waals surface area contributed by atoms with E-state index in [1.807, 2.05) is 18.7 Å². The summed E-state index contributed by atoms with van der Waals surface area (Å²) < 4.78 is 0. The number of carbonyl (C=O) groups is 1. The van der Waals surface area contributed by atoms with Crippen molar-refractivity contribution in [1.82, 2.24) is 19.8 Å². The average Bonchev–Trinajstić information content (AvgIpc) is 2.69. The van der Waals surface area contributed by atoms with Gasteiger partial charge in [0.2, 0.25) is 0 Å². The second-order valence-electron chi connectivity index (χ2n) is 5.04. The number of aromatic amines is 1. The fourth-order valence-corrected chi connectivity index (χ4v) is 2.68. The number of carboxylic acid groups (broad SMARTS) is 1. The Morgan fingerprint density at radius 3 is 2.42 bits per heavy atom. The molecule has 1 atom stereocenters. The van der Waals surface area contributed by atoms with Crippen LogP contribution in [0.3, 0.4) is 0 Å². The lowest BCUT2D eigenvalue weighted by Crippen LogP contribution is -2.49. The fourth-order valence-electron chi connectivity index (χ4n) is 2.68. The molecule has 106 valence electrons. The number of hydrogen-bond donors (Lipinski definition) is 2. The van der Waals surface area contributed by atoms with E-state index in [0.717, 1.165) is 44.2 Å². The number of piperazine rings is 1. The maximum atomic E-state index is 11.6. The smallest absolute Gasteiger partial charge is 0.327 e. The van der Waals surface area contributed by atoms with Gasteiger partial charge in [0.25, 0.3) is 0 Å². The summed E-state index contributed by atoms with van der Waals surface area (Å²) in [5, 5.41) is 9.53. The Bertz CT molecular complexity index is 449. The predicted molar refractivity (Wildman–Crippen MR) is 72.1 cm³/mol. The third-order valence-corrected chi connectivity index (χ3v) is 3.75. The summed E-state index contributed by atoms with van der Waals surface area (Å²) >= 11 is 0. The number of aliphatic carboxylic acids is 1. The molecule has 6 heteroatoms. The van der Waals surface area contributed by atoms with Gasteiger partial charge in [-0.25, -0.2) is 4.98 Å². The highest BCUT2D eigenvalue weighted by atomic mass is 16.4. The quantitative estimate of drug-likeness (QED) is 0.843. The Hall–Kier alpha value is -1.40. The molecule has 1 unspecified atom stereocenters. The van der Waals surface area contributed by atoms with E-state index in [2.05, 4.69) is 21.8 Å². The molecule has 2 rings (SSSR count). The van der Waals surface area contributed by atoms with Crippen LogP contribution in [-0.4, -0.2) is 63.6 Å². The van der Waals surface area contributed by atoms with Crippen molar-refractivity contribution in [2.24, 2.45) is 0 Å². The van der Waals surface area contributed by atoms with Crippen LogP contribution >= 0.6 is 0 Å². The lowest BCUT2D eigenvalue weighted by Gasteiger charge is -2.36. The molecule has 1 aromatic rings. The van der Waals surface area contributed by atoms with Gasteiger partial charge >= 0.3 is 5.97 Å². The number of aryl methyl sites for hydroxylation is 2. The first-order valence-electron chi connectivity index (χ1n) is 6.75. The molecule has 1 aliphatic rings. The van der Waals surface area contributed by atoms with Crippen molar-refractivity contribution in [3.63, 3.8) is 0 Å². The normalized spacial score (nSPS) is 19.5. The van der Waals surface area contributed by atoms with Gasteiger partial charge in [-0.05, 0) is 20.4 Å². The predicted octanol–water partition coefficient (Wildman–Crippen LogP) is 0.790. The van der Waals surface area contributed by atoms with Crippen molar-refractivity contribution in [1.29, 1.82) is 0 Å². The summed E-state index contributed by atoms with van der Waals surface area (Å²) in [6.07, 6.45) is 0. The van der Waals surface area contributed by atoms with Crippen LogP contribution in [0.1, 0.15) is 30.2 Å². The van der Waals surface area contributed by atoms with Crippen molar-refractivity contribution >= 4 is 5.97 Å². The van der Waals surface area contributed by atoms with Crippen LogP contribution in [0, 0.1) is 13.8 Å². The molecule has 0 spiro atoms.